The van der Waals surface area contributed by atoms with Crippen LogP contribution >= 0.6 is 0 Å². The maximum absolute atomic E-state index is 12.7. The number of pyridine rings is 1. The first-order valence-electron chi connectivity index (χ1n) is 8.64. The van der Waals surface area contributed by atoms with E-state index in [1.165, 1.54) is 0 Å². The molecule has 1 atom stereocenters. The van der Waals surface area contributed by atoms with Gasteiger partial charge in [0.1, 0.15) is 6.04 Å². The monoisotopic (exact) mass is 337 g/mol. The Bertz CT molecular complexity index is 759. The SMILES string of the molecule is CC(C)[C@H](C(=O)NCCc1ccccn1)N1Cc2ccccc2C1=O. The fourth-order valence-electron chi connectivity index (χ4n) is 3.27. The molecule has 1 aromatic heterocycles. The number of carbonyl (C=O) groups is 2. The molecule has 3 rings (SSSR count). The summed E-state index contributed by atoms with van der Waals surface area (Å²) in [5, 5.41) is 2.96. The third-order valence-corrected chi connectivity index (χ3v) is 4.49. The molecule has 1 N–H and O–H groups in total. The van der Waals surface area contributed by atoms with Gasteiger partial charge in [-0.25, -0.2) is 0 Å². The summed E-state index contributed by atoms with van der Waals surface area (Å²) >= 11 is 0. The lowest BCUT2D eigenvalue weighted by Gasteiger charge is -2.29. The lowest BCUT2D eigenvalue weighted by molar-refractivity contribution is -0.127. The third-order valence-electron chi connectivity index (χ3n) is 4.49. The number of carbonyl (C=O) groups excluding carboxylic acids is 2. The Labute approximate surface area is 148 Å². The van der Waals surface area contributed by atoms with Gasteiger partial charge < -0.3 is 10.2 Å². The van der Waals surface area contributed by atoms with Crippen LogP contribution in [-0.4, -0.2) is 34.3 Å². The van der Waals surface area contributed by atoms with Crippen molar-refractivity contribution in [2.45, 2.75) is 32.9 Å². The number of aromatic nitrogens is 1. The van der Waals surface area contributed by atoms with Gasteiger partial charge in [0.15, 0.2) is 0 Å². The van der Waals surface area contributed by atoms with Crippen molar-refractivity contribution in [1.82, 2.24) is 15.2 Å². The third kappa shape index (κ3) is 3.71. The van der Waals surface area contributed by atoms with Crippen molar-refractivity contribution in [3.63, 3.8) is 0 Å². The molecule has 25 heavy (non-hydrogen) atoms. The molecule has 0 aliphatic carbocycles. The Balaban J connectivity index is 1.65. The zero-order valence-electron chi connectivity index (χ0n) is 14.6. The van der Waals surface area contributed by atoms with E-state index in [2.05, 4.69) is 10.3 Å². The zero-order chi connectivity index (χ0) is 17.8. The average molecular weight is 337 g/mol. The van der Waals surface area contributed by atoms with E-state index >= 15 is 0 Å². The fourth-order valence-corrected chi connectivity index (χ4v) is 3.27. The fraction of sp³-hybridized carbons (Fsp3) is 0.350. The van der Waals surface area contributed by atoms with Crippen molar-refractivity contribution in [3.8, 4) is 0 Å². The molecular formula is C20H23N3O2. The molecule has 2 aromatic rings. The predicted molar refractivity (Wildman–Crippen MR) is 95.9 cm³/mol. The Morgan fingerprint density at radius 2 is 1.96 bits per heavy atom. The molecule has 5 heteroatoms. The Morgan fingerprint density at radius 1 is 1.20 bits per heavy atom. The summed E-state index contributed by atoms with van der Waals surface area (Å²) in [7, 11) is 0. The van der Waals surface area contributed by atoms with Crippen molar-refractivity contribution >= 4 is 11.8 Å². The highest BCUT2D eigenvalue weighted by molar-refractivity contribution is 6.01. The highest BCUT2D eigenvalue weighted by atomic mass is 16.2. The molecule has 2 heterocycles. The van der Waals surface area contributed by atoms with Gasteiger partial charge in [-0.2, -0.15) is 0 Å². The molecule has 0 radical (unpaired) electrons. The summed E-state index contributed by atoms with van der Waals surface area (Å²) in [6.45, 7) is 4.94. The van der Waals surface area contributed by atoms with Crippen molar-refractivity contribution in [2.24, 2.45) is 5.92 Å². The van der Waals surface area contributed by atoms with Crippen LogP contribution in [0.2, 0.25) is 0 Å². The Morgan fingerprint density at radius 3 is 2.64 bits per heavy atom. The smallest absolute Gasteiger partial charge is 0.255 e. The molecule has 130 valence electrons. The number of rotatable bonds is 6. The minimum atomic E-state index is -0.469. The van der Waals surface area contributed by atoms with Gasteiger partial charge in [0.05, 0.1) is 0 Å². The second kappa shape index (κ2) is 7.47. The topological polar surface area (TPSA) is 62.3 Å². The number of hydrogen-bond donors (Lipinski definition) is 1. The highest BCUT2D eigenvalue weighted by Crippen LogP contribution is 2.27. The van der Waals surface area contributed by atoms with Gasteiger partial charge in [0, 0.05) is 37.0 Å². The van der Waals surface area contributed by atoms with Crippen LogP contribution in [0.15, 0.2) is 48.7 Å². The van der Waals surface area contributed by atoms with Gasteiger partial charge in [0.2, 0.25) is 5.91 Å². The van der Waals surface area contributed by atoms with E-state index in [1.807, 2.05) is 56.3 Å². The van der Waals surface area contributed by atoms with Crippen LogP contribution in [-0.2, 0) is 17.8 Å². The first-order valence-corrected chi connectivity index (χ1v) is 8.64. The van der Waals surface area contributed by atoms with Gasteiger partial charge in [-0.3, -0.25) is 14.6 Å². The van der Waals surface area contributed by atoms with Gasteiger partial charge in [-0.15, -0.1) is 0 Å². The van der Waals surface area contributed by atoms with Crippen LogP contribution in [0.1, 0.15) is 35.5 Å². The number of nitrogens with one attached hydrogen (secondary N) is 1. The van der Waals surface area contributed by atoms with Gasteiger partial charge in [0.25, 0.3) is 5.91 Å². The van der Waals surface area contributed by atoms with E-state index in [0.29, 0.717) is 25.1 Å². The molecule has 0 saturated heterocycles. The quantitative estimate of drug-likeness (QED) is 0.880. The molecule has 0 fully saturated rings. The predicted octanol–water partition coefficient (Wildman–Crippen LogP) is 2.42. The van der Waals surface area contributed by atoms with Crippen molar-refractivity contribution in [1.29, 1.82) is 0 Å². The molecule has 1 aliphatic heterocycles. The minimum absolute atomic E-state index is 0.0353. The molecular weight excluding hydrogens is 314 g/mol. The number of fused-ring (bicyclic) bond motifs is 1. The second-order valence-corrected chi connectivity index (χ2v) is 6.64. The van der Waals surface area contributed by atoms with Crippen LogP contribution in [0.5, 0.6) is 0 Å². The summed E-state index contributed by atoms with van der Waals surface area (Å²) < 4.78 is 0. The summed E-state index contributed by atoms with van der Waals surface area (Å²) in [5.41, 5.74) is 2.63. The zero-order valence-corrected chi connectivity index (χ0v) is 14.6. The maximum Gasteiger partial charge on any atom is 0.255 e. The Hall–Kier alpha value is -2.69. The van der Waals surface area contributed by atoms with E-state index < -0.39 is 6.04 Å². The molecule has 0 spiro atoms. The molecule has 1 aliphatic rings. The van der Waals surface area contributed by atoms with E-state index in [1.54, 1.807) is 11.1 Å². The lowest BCUT2D eigenvalue weighted by Crippen LogP contribution is -2.50. The van der Waals surface area contributed by atoms with Crippen LogP contribution in [0.3, 0.4) is 0 Å². The summed E-state index contributed by atoms with van der Waals surface area (Å²) in [4.78, 5) is 31.4. The molecule has 2 amide bonds. The number of hydrogen-bond acceptors (Lipinski definition) is 3. The average Bonchev–Trinajstić information content (AvgIpc) is 2.93. The Kier molecular flexibility index (Phi) is 5.12. The molecule has 0 bridgehead atoms. The first-order chi connectivity index (χ1) is 12.1. The van der Waals surface area contributed by atoms with Gasteiger partial charge in [-0.05, 0) is 29.7 Å². The molecule has 5 nitrogen and oxygen atoms in total. The molecule has 1 aromatic carbocycles. The van der Waals surface area contributed by atoms with Crippen LogP contribution in [0.25, 0.3) is 0 Å². The number of amides is 2. The van der Waals surface area contributed by atoms with E-state index in [-0.39, 0.29) is 17.7 Å². The van der Waals surface area contributed by atoms with Crippen LogP contribution in [0, 0.1) is 5.92 Å². The molecule has 0 unspecified atom stereocenters. The summed E-state index contributed by atoms with van der Waals surface area (Å²) in [6.07, 6.45) is 2.42. The van der Waals surface area contributed by atoms with Gasteiger partial charge in [-0.1, -0.05) is 38.1 Å². The van der Waals surface area contributed by atoms with E-state index in [4.69, 9.17) is 0 Å². The van der Waals surface area contributed by atoms with Crippen LogP contribution in [0.4, 0.5) is 0 Å². The number of benzene rings is 1. The second-order valence-electron chi connectivity index (χ2n) is 6.64. The van der Waals surface area contributed by atoms with Crippen molar-refractivity contribution in [3.05, 3.63) is 65.5 Å². The maximum atomic E-state index is 12.7. The molecule has 0 saturated carbocycles. The van der Waals surface area contributed by atoms with E-state index in [9.17, 15) is 9.59 Å². The normalized spacial score (nSPS) is 14.5. The standard InChI is InChI=1S/C20H23N3O2/c1-14(2)18(19(24)22-12-10-16-8-5-6-11-21-16)23-13-15-7-3-4-9-17(15)20(23)25/h3-9,11,14,18H,10,12-13H2,1-2H3,(H,22,24)/t18-/m1/s1. The lowest BCUT2D eigenvalue weighted by atomic mass is 10.0. The first kappa shape index (κ1) is 17.1. The minimum Gasteiger partial charge on any atom is -0.354 e. The van der Waals surface area contributed by atoms with E-state index in [0.717, 1.165) is 11.3 Å². The van der Waals surface area contributed by atoms with Crippen molar-refractivity contribution in [2.75, 3.05) is 6.54 Å². The summed E-state index contributed by atoms with van der Waals surface area (Å²) in [6, 6.07) is 12.8. The largest absolute Gasteiger partial charge is 0.354 e. The highest BCUT2D eigenvalue weighted by Gasteiger charge is 2.37. The summed E-state index contributed by atoms with van der Waals surface area (Å²) in [5.74, 6) is -0.130. The number of nitrogens with zero attached hydrogens (tertiary/aromatic N) is 2. The van der Waals surface area contributed by atoms with Crippen molar-refractivity contribution < 1.29 is 9.59 Å². The van der Waals surface area contributed by atoms with Crippen LogP contribution < -0.4 is 5.32 Å². The van der Waals surface area contributed by atoms with Gasteiger partial charge >= 0.3 is 0 Å².